The summed E-state index contributed by atoms with van der Waals surface area (Å²) in [7, 11) is 0. The summed E-state index contributed by atoms with van der Waals surface area (Å²) >= 11 is 7.28. The SMILES string of the molecule is O=C1CC(CS)CN1c1ncc(Br)cc1[N+](=O)[O-]. The maximum absolute atomic E-state index is 11.8. The van der Waals surface area contributed by atoms with Crippen molar-refractivity contribution in [3.63, 3.8) is 0 Å². The molecule has 1 aliphatic heterocycles. The van der Waals surface area contributed by atoms with Crippen LogP contribution in [0.15, 0.2) is 16.7 Å². The maximum atomic E-state index is 11.8. The van der Waals surface area contributed by atoms with E-state index < -0.39 is 4.92 Å². The first-order valence-electron chi connectivity index (χ1n) is 5.24. The van der Waals surface area contributed by atoms with Gasteiger partial charge in [-0.2, -0.15) is 12.6 Å². The topological polar surface area (TPSA) is 76.3 Å². The van der Waals surface area contributed by atoms with E-state index in [9.17, 15) is 14.9 Å². The fraction of sp³-hybridized carbons (Fsp3) is 0.400. The van der Waals surface area contributed by atoms with Crippen molar-refractivity contribution in [2.24, 2.45) is 5.92 Å². The smallest absolute Gasteiger partial charge is 0.291 e. The lowest BCUT2D eigenvalue weighted by molar-refractivity contribution is -0.384. The van der Waals surface area contributed by atoms with Crippen LogP contribution in [0.3, 0.4) is 0 Å². The van der Waals surface area contributed by atoms with Crippen LogP contribution in [0.25, 0.3) is 0 Å². The van der Waals surface area contributed by atoms with E-state index in [1.807, 2.05) is 0 Å². The number of nitrogens with zero attached hydrogens (tertiary/aromatic N) is 3. The average molecular weight is 332 g/mol. The minimum atomic E-state index is -0.533. The molecule has 1 amide bonds. The number of rotatable bonds is 3. The molecule has 0 radical (unpaired) electrons. The third-order valence-corrected chi connectivity index (χ3v) is 3.68. The van der Waals surface area contributed by atoms with Crippen molar-refractivity contribution >= 4 is 46.0 Å². The standard InChI is InChI=1S/C10H10BrN3O3S/c11-7-2-8(14(16)17)10(12-3-7)13-4-6(5-18)1-9(13)15/h2-3,6,18H,1,4-5H2. The Kier molecular flexibility index (Phi) is 3.86. The Morgan fingerprint density at radius 1 is 1.67 bits per heavy atom. The number of thiol groups is 1. The van der Waals surface area contributed by atoms with Gasteiger partial charge in [0.05, 0.1) is 4.92 Å². The normalized spacial score (nSPS) is 19.3. The summed E-state index contributed by atoms with van der Waals surface area (Å²) in [5.41, 5.74) is -0.169. The van der Waals surface area contributed by atoms with Crippen molar-refractivity contribution in [3.05, 3.63) is 26.9 Å². The number of amides is 1. The molecule has 1 unspecified atom stereocenters. The molecule has 1 atom stereocenters. The zero-order chi connectivity index (χ0) is 13.3. The largest absolute Gasteiger partial charge is 0.313 e. The molecule has 1 aromatic rings. The van der Waals surface area contributed by atoms with E-state index in [1.165, 1.54) is 17.2 Å². The van der Waals surface area contributed by atoms with Crippen LogP contribution < -0.4 is 4.90 Å². The van der Waals surface area contributed by atoms with Gasteiger partial charge in [0, 0.05) is 29.7 Å². The molecule has 96 valence electrons. The molecule has 1 aliphatic rings. The lowest BCUT2D eigenvalue weighted by Gasteiger charge is -2.15. The van der Waals surface area contributed by atoms with Crippen molar-refractivity contribution in [3.8, 4) is 0 Å². The molecule has 0 saturated carbocycles. The van der Waals surface area contributed by atoms with E-state index in [0.29, 0.717) is 23.2 Å². The van der Waals surface area contributed by atoms with Gasteiger partial charge < -0.3 is 0 Å². The summed E-state index contributed by atoms with van der Waals surface area (Å²) in [6, 6.07) is 1.35. The number of aromatic nitrogens is 1. The predicted octanol–water partition coefficient (Wildman–Crippen LogP) is 2.04. The molecule has 1 fully saturated rings. The Hall–Kier alpha value is -1.15. The van der Waals surface area contributed by atoms with Crippen molar-refractivity contribution in [2.75, 3.05) is 17.2 Å². The van der Waals surface area contributed by atoms with E-state index in [2.05, 4.69) is 33.5 Å². The van der Waals surface area contributed by atoms with Gasteiger partial charge in [-0.15, -0.1) is 0 Å². The van der Waals surface area contributed by atoms with Crippen molar-refractivity contribution in [1.82, 2.24) is 4.98 Å². The number of hydrogen-bond acceptors (Lipinski definition) is 5. The van der Waals surface area contributed by atoms with Gasteiger partial charge in [-0.25, -0.2) is 4.98 Å². The molecule has 0 aliphatic carbocycles. The summed E-state index contributed by atoms with van der Waals surface area (Å²) < 4.78 is 0.510. The molecule has 1 aromatic heterocycles. The van der Waals surface area contributed by atoms with Gasteiger partial charge in [-0.1, -0.05) is 0 Å². The third kappa shape index (κ3) is 2.49. The molecular formula is C10H10BrN3O3S. The van der Waals surface area contributed by atoms with Gasteiger partial charge in [-0.05, 0) is 27.6 Å². The fourth-order valence-electron chi connectivity index (χ4n) is 1.87. The summed E-state index contributed by atoms with van der Waals surface area (Å²) in [4.78, 5) is 27.6. The number of hydrogen-bond donors (Lipinski definition) is 1. The van der Waals surface area contributed by atoms with Crippen molar-refractivity contribution < 1.29 is 9.72 Å². The van der Waals surface area contributed by atoms with Crippen LogP contribution in [-0.4, -0.2) is 28.1 Å². The van der Waals surface area contributed by atoms with E-state index >= 15 is 0 Å². The molecule has 18 heavy (non-hydrogen) atoms. The summed E-state index contributed by atoms with van der Waals surface area (Å²) in [6.45, 7) is 0.428. The molecular weight excluding hydrogens is 322 g/mol. The van der Waals surface area contributed by atoms with E-state index in [1.54, 1.807) is 0 Å². The monoisotopic (exact) mass is 331 g/mol. The van der Waals surface area contributed by atoms with E-state index in [-0.39, 0.29) is 23.3 Å². The van der Waals surface area contributed by atoms with Crippen LogP contribution in [0, 0.1) is 16.0 Å². The molecule has 0 spiro atoms. The van der Waals surface area contributed by atoms with Gasteiger partial charge in [-0.3, -0.25) is 19.8 Å². The Morgan fingerprint density at radius 3 is 2.94 bits per heavy atom. The van der Waals surface area contributed by atoms with Crippen molar-refractivity contribution in [2.45, 2.75) is 6.42 Å². The summed E-state index contributed by atoms with van der Waals surface area (Å²) in [5.74, 6) is 0.655. The van der Waals surface area contributed by atoms with Crippen molar-refractivity contribution in [1.29, 1.82) is 0 Å². The van der Waals surface area contributed by atoms with Gasteiger partial charge in [0.25, 0.3) is 0 Å². The molecule has 2 heterocycles. The highest BCUT2D eigenvalue weighted by Gasteiger charge is 2.34. The quantitative estimate of drug-likeness (QED) is 0.522. The van der Waals surface area contributed by atoms with Crippen LogP contribution in [0.5, 0.6) is 0 Å². The fourth-order valence-corrected chi connectivity index (χ4v) is 2.44. The number of halogens is 1. The number of pyridine rings is 1. The lowest BCUT2D eigenvalue weighted by atomic mass is 10.1. The second kappa shape index (κ2) is 5.23. The lowest BCUT2D eigenvalue weighted by Crippen LogP contribution is -2.26. The highest BCUT2D eigenvalue weighted by molar-refractivity contribution is 9.10. The molecule has 0 N–H and O–H groups in total. The number of carbonyl (C=O) groups is 1. The zero-order valence-electron chi connectivity index (χ0n) is 9.24. The van der Waals surface area contributed by atoms with Gasteiger partial charge in [0.1, 0.15) is 0 Å². The Balaban J connectivity index is 2.39. The van der Waals surface area contributed by atoms with E-state index in [0.717, 1.165) is 0 Å². The van der Waals surface area contributed by atoms with Gasteiger partial charge >= 0.3 is 5.69 Å². The minimum absolute atomic E-state index is 0.109. The van der Waals surface area contributed by atoms with Crippen LogP contribution >= 0.6 is 28.6 Å². The average Bonchev–Trinajstić information content (AvgIpc) is 2.70. The maximum Gasteiger partial charge on any atom is 0.313 e. The van der Waals surface area contributed by atoms with Gasteiger partial charge in [0.2, 0.25) is 11.7 Å². The number of carbonyl (C=O) groups excluding carboxylic acids is 1. The first-order valence-corrected chi connectivity index (χ1v) is 6.66. The Labute approximate surface area is 117 Å². The molecule has 8 heteroatoms. The van der Waals surface area contributed by atoms with E-state index in [4.69, 9.17) is 0 Å². The summed E-state index contributed by atoms with van der Waals surface area (Å²) in [6.07, 6.45) is 1.81. The highest BCUT2D eigenvalue weighted by Crippen LogP contribution is 2.32. The van der Waals surface area contributed by atoms with Crippen LogP contribution in [0.1, 0.15) is 6.42 Å². The highest BCUT2D eigenvalue weighted by atomic mass is 79.9. The number of anilines is 1. The predicted molar refractivity (Wildman–Crippen MR) is 72.9 cm³/mol. The zero-order valence-corrected chi connectivity index (χ0v) is 11.7. The van der Waals surface area contributed by atoms with Crippen LogP contribution in [0.4, 0.5) is 11.5 Å². The minimum Gasteiger partial charge on any atom is -0.291 e. The first kappa shape index (κ1) is 13.3. The Morgan fingerprint density at radius 2 is 2.39 bits per heavy atom. The molecule has 6 nitrogen and oxygen atoms in total. The third-order valence-electron chi connectivity index (χ3n) is 2.73. The second-order valence-corrected chi connectivity index (χ2v) is 5.29. The van der Waals surface area contributed by atoms with Crippen LogP contribution in [-0.2, 0) is 4.79 Å². The summed E-state index contributed by atoms with van der Waals surface area (Å²) in [5, 5.41) is 11.0. The molecule has 0 aromatic carbocycles. The molecule has 2 rings (SSSR count). The second-order valence-electron chi connectivity index (χ2n) is 4.01. The number of nitro groups is 1. The molecule has 1 saturated heterocycles. The Bertz CT molecular complexity index is 511. The first-order chi connectivity index (χ1) is 8.52. The van der Waals surface area contributed by atoms with Crippen LogP contribution in [0.2, 0.25) is 0 Å². The molecule has 0 bridgehead atoms. The van der Waals surface area contributed by atoms with Gasteiger partial charge in [0.15, 0.2) is 0 Å².